The summed E-state index contributed by atoms with van der Waals surface area (Å²) in [6, 6.07) is 31.4. The lowest BCUT2D eigenvalue weighted by molar-refractivity contribution is 0.00348. The van der Waals surface area contributed by atoms with Gasteiger partial charge in [-0.1, -0.05) is 105 Å². The molecule has 1 aliphatic carbocycles. The summed E-state index contributed by atoms with van der Waals surface area (Å²) >= 11 is 0. The highest BCUT2D eigenvalue weighted by molar-refractivity contribution is 5.47. The minimum atomic E-state index is -0.676. The van der Waals surface area contributed by atoms with Gasteiger partial charge in [0.25, 0.3) is 0 Å². The van der Waals surface area contributed by atoms with Crippen LogP contribution in [0.15, 0.2) is 91.0 Å². The highest BCUT2D eigenvalue weighted by Gasteiger charge is 2.43. The van der Waals surface area contributed by atoms with Gasteiger partial charge in [-0.25, -0.2) is 0 Å². The van der Waals surface area contributed by atoms with E-state index in [2.05, 4.69) is 86.6 Å². The Kier molecular flexibility index (Phi) is 4.78. The molecule has 0 unspecified atom stereocenters. The molecule has 1 saturated carbocycles. The molecule has 0 saturated heterocycles. The van der Waals surface area contributed by atoms with Crippen LogP contribution in [-0.4, -0.2) is 6.61 Å². The number of ether oxygens (including phenoxy) is 1. The number of rotatable bonds is 7. The molecule has 0 N–H and O–H groups in total. The third kappa shape index (κ3) is 3.57. The van der Waals surface area contributed by atoms with Crippen LogP contribution in [0.2, 0.25) is 0 Å². The van der Waals surface area contributed by atoms with Gasteiger partial charge in [0.05, 0.1) is 6.61 Å². The Bertz CT molecular complexity index is 795. The van der Waals surface area contributed by atoms with Crippen LogP contribution in [0.4, 0.5) is 0 Å². The molecule has 3 aromatic carbocycles. The van der Waals surface area contributed by atoms with E-state index in [1.54, 1.807) is 0 Å². The van der Waals surface area contributed by atoms with E-state index in [-0.39, 0.29) is 11.8 Å². The Labute approximate surface area is 164 Å². The predicted molar refractivity (Wildman–Crippen MR) is 112 cm³/mol. The van der Waals surface area contributed by atoms with Crippen LogP contribution in [0.1, 0.15) is 38.3 Å². The van der Waals surface area contributed by atoms with Gasteiger partial charge in [-0.05, 0) is 40.8 Å². The van der Waals surface area contributed by atoms with Crippen molar-refractivity contribution in [2.24, 2.45) is 17.7 Å². The Morgan fingerprint density at radius 2 is 1.22 bits per heavy atom. The monoisotopic (exact) mass is 357 g/mol. The Balaban J connectivity index is 1.80. The fraction of sp³-hybridized carbons (Fsp3) is 0.308. The molecule has 1 fully saturated rings. The molecule has 27 heavy (non-hydrogen) atoms. The van der Waals surface area contributed by atoms with E-state index < -0.39 is 5.60 Å². The molecule has 1 nitrogen and oxygen atoms in total. The zero-order chi connectivity index (χ0) is 19.6. The maximum absolute atomic E-state index is 8.70. The highest BCUT2D eigenvalue weighted by Crippen LogP contribution is 2.47. The number of hydrogen-bond donors (Lipinski definition) is 0. The fourth-order valence-electron chi connectivity index (χ4n) is 4.09. The van der Waals surface area contributed by atoms with Crippen molar-refractivity contribution in [1.29, 1.82) is 0 Å². The van der Waals surface area contributed by atoms with Gasteiger partial charge < -0.3 is 4.74 Å². The summed E-state index contributed by atoms with van der Waals surface area (Å²) in [6.07, 6.45) is 0.916. The van der Waals surface area contributed by atoms with Crippen LogP contribution in [-0.2, 0) is 10.3 Å². The molecule has 1 heteroatoms. The van der Waals surface area contributed by atoms with Crippen LogP contribution in [0.25, 0.3) is 0 Å². The molecule has 138 valence electrons. The van der Waals surface area contributed by atoms with Gasteiger partial charge in [0.15, 0.2) is 0 Å². The first-order valence-corrected chi connectivity index (χ1v) is 9.88. The first-order valence-electron chi connectivity index (χ1n) is 10.4. The second-order valence-electron chi connectivity index (χ2n) is 7.72. The van der Waals surface area contributed by atoms with Crippen LogP contribution in [0, 0.1) is 17.7 Å². The van der Waals surface area contributed by atoms with Gasteiger partial charge in [-0.15, -0.1) is 0 Å². The first-order chi connectivity index (χ1) is 13.6. The maximum atomic E-state index is 8.70. The molecule has 3 aromatic rings. The molecule has 0 bridgehead atoms. The average Bonchev–Trinajstić information content (AvgIpc) is 3.43. The van der Waals surface area contributed by atoms with Crippen molar-refractivity contribution in [3.05, 3.63) is 108 Å². The van der Waals surface area contributed by atoms with Crippen LogP contribution < -0.4 is 0 Å². The number of benzene rings is 3. The van der Waals surface area contributed by atoms with Gasteiger partial charge >= 0.3 is 0 Å². The zero-order valence-electron chi connectivity index (χ0n) is 17.1. The largest absolute Gasteiger partial charge is 0.361 e. The van der Waals surface area contributed by atoms with Gasteiger partial charge in [0.2, 0.25) is 0 Å². The summed E-state index contributed by atoms with van der Waals surface area (Å²) in [5.41, 5.74) is 2.68. The van der Waals surface area contributed by atoms with E-state index in [9.17, 15) is 0 Å². The van der Waals surface area contributed by atoms with Crippen molar-refractivity contribution in [2.45, 2.75) is 25.9 Å². The second kappa shape index (κ2) is 7.70. The van der Waals surface area contributed by atoms with E-state index in [0.717, 1.165) is 23.1 Å². The van der Waals surface area contributed by atoms with Crippen molar-refractivity contribution in [3.63, 3.8) is 0 Å². The zero-order valence-corrected chi connectivity index (χ0v) is 16.1. The first kappa shape index (κ1) is 16.8. The summed E-state index contributed by atoms with van der Waals surface area (Å²) in [5.74, 6) is 0.277. The minimum Gasteiger partial charge on any atom is -0.361 e. The smallest absolute Gasteiger partial charge is 0.143 e. The van der Waals surface area contributed by atoms with Crippen molar-refractivity contribution in [3.8, 4) is 0 Å². The van der Waals surface area contributed by atoms with Crippen LogP contribution >= 0.6 is 0 Å². The third-order valence-corrected chi connectivity index (χ3v) is 5.63. The van der Waals surface area contributed by atoms with E-state index in [4.69, 9.17) is 6.11 Å². The van der Waals surface area contributed by atoms with E-state index >= 15 is 0 Å². The third-order valence-electron chi connectivity index (χ3n) is 5.63. The van der Waals surface area contributed by atoms with Crippen LogP contribution in [0.3, 0.4) is 0 Å². The van der Waals surface area contributed by atoms with Crippen molar-refractivity contribution < 1.29 is 6.11 Å². The molecular weight excluding hydrogens is 328 g/mol. The normalized spacial score (nSPS) is 22.5. The Morgan fingerprint density at radius 3 is 1.56 bits per heavy atom. The van der Waals surface area contributed by atoms with Gasteiger partial charge in [-0.3, -0.25) is 0 Å². The molecule has 0 heterocycles. The van der Waals surface area contributed by atoms with Gasteiger partial charge in [-0.2, -0.15) is 0 Å². The molecule has 2 atom stereocenters. The highest BCUT2D eigenvalue weighted by atomic mass is 16.5. The SMILES string of the molecule is [2H][C@@]1(C(C)C)C[C@H]1COC(c1ccccc1)(c1ccccc1)c1ccccc1. The average molecular weight is 358 g/mol. The lowest BCUT2D eigenvalue weighted by Gasteiger charge is -2.36. The summed E-state index contributed by atoms with van der Waals surface area (Å²) in [7, 11) is 0. The lowest BCUT2D eigenvalue weighted by Crippen LogP contribution is -2.33. The topological polar surface area (TPSA) is 9.23 Å². The molecular formula is C26H28O. The Morgan fingerprint density at radius 1 is 0.815 bits per heavy atom. The second-order valence-corrected chi connectivity index (χ2v) is 7.72. The Hall–Kier alpha value is -2.38. The van der Waals surface area contributed by atoms with Crippen molar-refractivity contribution in [2.75, 3.05) is 6.61 Å². The van der Waals surface area contributed by atoms with Gasteiger partial charge in [0.1, 0.15) is 5.60 Å². The lowest BCUT2D eigenvalue weighted by atomic mass is 9.80. The molecule has 4 rings (SSSR count). The summed E-state index contributed by atoms with van der Waals surface area (Å²) < 4.78 is 15.5. The van der Waals surface area contributed by atoms with E-state index in [0.29, 0.717) is 12.5 Å². The minimum absolute atomic E-state index is 0.281. The van der Waals surface area contributed by atoms with E-state index in [1.165, 1.54) is 0 Å². The molecule has 0 amide bonds. The number of hydrogen-bond acceptors (Lipinski definition) is 1. The summed E-state index contributed by atoms with van der Waals surface area (Å²) in [4.78, 5) is 0. The predicted octanol–water partition coefficient (Wildman–Crippen LogP) is 6.29. The standard InChI is InChI=1S/C26H28O/c1-20(2)25-18-21(25)19-27-26(22-12-6-3-7-13-22,23-14-8-4-9-15-23)24-16-10-5-11-17-24/h3-17,20-21,25H,18-19H2,1-2H3/t21-,25-/m0/s1/i25D. The van der Waals surface area contributed by atoms with Crippen molar-refractivity contribution >= 4 is 0 Å². The van der Waals surface area contributed by atoms with E-state index in [1.807, 2.05) is 18.2 Å². The molecule has 0 aliphatic heterocycles. The quantitative estimate of drug-likeness (QED) is 0.452. The summed E-state index contributed by atoms with van der Waals surface area (Å²) in [5, 5.41) is 0. The van der Waals surface area contributed by atoms with Crippen molar-refractivity contribution in [1.82, 2.24) is 0 Å². The van der Waals surface area contributed by atoms with Gasteiger partial charge in [0, 0.05) is 1.37 Å². The summed E-state index contributed by atoms with van der Waals surface area (Å²) in [6.45, 7) is 4.87. The maximum Gasteiger partial charge on any atom is 0.143 e. The molecule has 0 spiro atoms. The molecule has 0 aromatic heterocycles. The fourth-order valence-corrected chi connectivity index (χ4v) is 4.09. The van der Waals surface area contributed by atoms with Crippen LogP contribution in [0.5, 0.6) is 0 Å². The molecule has 1 aliphatic rings. The molecule has 0 radical (unpaired) electrons.